The van der Waals surface area contributed by atoms with Crippen molar-refractivity contribution >= 4 is 32.5 Å². The van der Waals surface area contributed by atoms with Gasteiger partial charge in [-0.1, -0.05) is 20.8 Å². The van der Waals surface area contributed by atoms with Crippen molar-refractivity contribution < 1.29 is 17.9 Å². The van der Waals surface area contributed by atoms with Gasteiger partial charge in [-0.25, -0.2) is 18.4 Å². The zero-order valence-corrected chi connectivity index (χ0v) is 21.8. The molecular weight excluding hydrogens is 466 g/mol. The monoisotopic (exact) mass is 499 g/mol. The van der Waals surface area contributed by atoms with Gasteiger partial charge in [0.1, 0.15) is 17.9 Å². The number of fused-ring (bicyclic) bond motifs is 1. The number of ether oxygens (including phenoxy) is 1. The molecule has 1 aliphatic heterocycles. The first-order valence-corrected chi connectivity index (χ1v) is 13.5. The zero-order valence-electron chi connectivity index (χ0n) is 21.0. The maximum Gasteiger partial charge on any atom is 0.171 e. The molecule has 188 valence electrons. The van der Waals surface area contributed by atoms with Crippen molar-refractivity contribution in [3.63, 3.8) is 0 Å². The first kappa shape index (κ1) is 25.1. The zero-order chi connectivity index (χ0) is 25.4. The average molecular weight is 500 g/mol. The lowest BCUT2D eigenvalue weighted by Crippen LogP contribution is -2.40. The molecule has 0 amide bonds. The lowest BCUT2D eigenvalue weighted by molar-refractivity contribution is 0.0860. The number of carbonyl (C=O) groups excluding carboxylic acids is 1. The summed E-state index contributed by atoms with van der Waals surface area (Å²) in [5, 5.41) is 0. The van der Waals surface area contributed by atoms with E-state index in [2.05, 4.69) is 14.9 Å². The summed E-state index contributed by atoms with van der Waals surface area (Å²) in [5.41, 5.74) is 3.34. The van der Waals surface area contributed by atoms with Gasteiger partial charge in [-0.15, -0.1) is 0 Å². The molecule has 4 rings (SSSR count). The average Bonchev–Trinajstić information content (AvgIpc) is 3.20. The standard InChI is InChI=1S/C25H33N5O4S/c1-25(2,3)23(31)20-15-26-24-22(20)28-21(16-27-24)17-12-18(30-7-10-35(32,33)11-8-30)14-19(13-17)34-9-6-29(4)5/h12-16H,6-11H2,1-5H3,(H,26,27). The van der Waals surface area contributed by atoms with Crippen LogP contribution in [0.5, 0.6) is 5.75 Å². The van der Waals surface area contributed by atoms with Crippen LogP contribution in [0.15, 0.2) is 30.6 Å². The fraction of sp³-hybridized carbons (Fsp3) is 0.480. The van der Waals surface area contributed by atoms with Crippen LogP contribution in [0.4, 0.5) is 5.69 Å². The molecule has 3 heterocycles. The highest BCUT2D eigenvalue weighted by Crippen LogP contribution is 2.32. The van der Waals surface area contributed by atoms with Crippen LogP contribution in [-0.4, -0.2) is 85.9 Å². The number of sulfone groups is 1. The first-order chi connectivity index (χ1) is 16.4. The number of hydrogen-bond acceptors (Lipinski definition) is 8. The molecule has 1 aromatic carbocycles. The van der Waals surface area contributed by atoms with Gasteiger partial charge in [-0.2, -0.15) is 0 Å². The summed E-state index contributed by atoms with van der Waals surface area (Å²) >= 11 is 0. The third kappa shape index (κ3) is 5.82. The van der Waals surface area contributed by atoms with Crippen LogP contribution in [0, 0.1) is 5.41 Å². The van der Waals surface area contributed by atoms with E-state index in [1.54, 1.807) is 12.4 Å². The number of nitrogens with one attached hydrogen (secondary N) is 1. The molecule has 1 aliphatic rings. The topological polar surface area (TPSA) is 108 Å². The van der Waals surface area contributed by atoms with Crippen molar-refractivity contribution in [1.82, 2.24) is 19.9 Å². The fourth-order valence-corrected chi connectivity index (χ4v) is 5.12. The van der Waals surface area contributed by atoms with Crippen molar-refractivity contribution in [1.29, 1.82) is 0 Å². The van der Waals surface area contributed by atoms with E-state index < -0.39 is 15.3 Å². The highest BCUT2D eigenvalue weighted by Gasteiger charge is 2.27. The molecule has 0 spiro atoms. The Morgan fingerprint density at radius 1 is 1.17 bits per heavy atom. The van der Waals surface area contributed by atoms with Crippen LogP contribution in [-0.2, 0) is 9.84 Å². The summed E-state index contributed by atoms with van der Waals surface area (Å²) in [6, 6.07) is 5.83. The molecule has 3 aromatic rings. The number of likely N-dealkylation sites (N-methyl/N-ethyl adjacent to an activating group) is 1. The fourth-order valence-electron chi connectivity index (χ4n) is 3.92. The number of carbonyl (C=O) groups is 1. The maximum absolute atomic E-state index is 13.0. The minimum absolute atomic E-state index is 0.00816. The summed E-state index contributed by atoms with van der Waals surface area (Å²) in [4.78, 5) is 29.4. The lowest BCUT2D eigenvalue weighted by Gasteiger charge is -2.29. The molecule has 1 N–H and O–H groups in total. The second-order valence-electron chi connectivity index (χ2n) is 10.2. The Bertz CT molecular complexity index is 1330. The predicted molar refractivity (Wildman–Crippen MR) is 138 cm³/mol. The third-order valence-electron chi connectivity index (χ3n) is 6.01. The van der Waals surface area contributed by atoms with Gasteiger partial charge in [0.15, 0.2) is 21.3 Å². The highest BCUT2D eigenvalue weighted by molar-refractivity contribution is 7.91. The van der Waals surface area contributed by atoms with E-state index in [9.17, 15) is 13.2 Å². The minimum Gasteiger partial charge on any atom is -0.492 e. The molecule has 0 radical (unpaired) electrons. The first-order valence-electron chi connectivity index (χ1n) is 11.7. The number of ketones is 1. The van der Waals surface area contributed by atoms with Crippen molar-refractivity contribution in [3.05, 3.63) is 36.2 Å². The van der Waals surface area contributed by atoms with Crippen LogP contribution in [0.25, 0.3) is 22.4 Å². The Morgan fingerprint density at radius 3 is 2.54 bits per heavy atom. The summed E-state index contributed by atoms with van der Waals surface area (Å²) in [6.45, 7) is 7.76. The van der Waals surface area contributed by atoms with E-state index in [4.69, 9.17) is 9.72 Å². The quantitative estimate of drug-likeness (QED) is 0.494. The van der Waals surface area contributed by atoms with E-state index in [-0.39, 0.29) is 17.3 Å². The van der Waals surface area contributed by atoms with Crippen molar-refractivity contribution in [2.75, 3.05) is 56.7 Å². The number of H-pyrrole nitrogens is 1. The van der Waals surface area contributed by atoms with E-state index in [1.165, 1.54) is 0 Å². The van der Waals surface area contributed by atoms with Gasteiger partial charge in [-0.3, -0.25) is 4.79 Å². The van der Waals surface area contributed by atoms with Crippen LogP contribution in [0.3, 0.4) is 0 Å². The van der Waals surface area contributed by atoms with Gasteiger partial charge in [0.2, 0.25) is 0 Å². The Morgan fingerprint density at radius 2 is 1.89 bits per heavy atom. The Labute approximate surface area is 206 Å². The molecule has 35 heavy (non-hydrogen) atoms. The highest BCUT2D eigenvalue weighted by atomic mass is 32.2. The maximum atomic E-state index is 13.0. The molecule has 10 heteroatoms. The van der Waals surface area contributed by atoms with E-state index in [1.807, 2.05) is 58.0 Å². The van der Waals surface area contributed by atoms with Crippen LogP contribution in [0.1, 0.15) is 31.1 Å². The number of nitrogens with zero attached hydrogens (tertiary/aromatic N) is 4. The number of Topliss-reactive ketones (excluding diaryl/α,β-unsaturated/α-hetero) is 1. The summed E-state index contributed by atoms with van der Waals surface area (Å²) < 4.78 is 29.9. The summed E-state index contributed by atoms with van der Waals surface area (Å²) in [6.07, 6.45) is 3.34. The molecular formula is C25H33N5O4S. The predicted octanol–water partition coefficient (Wildman–Crippen LogP) is 3.03. The van der Waals surface area contributed by atoms with Crippen LogP contribution in [0.2, 0.25) is 0 Å². The molecule has 9 nitrogen and oxygen atoms in total. The van der Waals surface area contributed by atoms with Gasteiger partial charge < -0.3 is 19.5 Å². The number of benzene rings is 1. The Kier molecular flexibility index (Phi) is 6.88. The molecule has 0 atom stereocenters. The van der Waals surface area contributed by atoms with E-state index >= 15 is 0 Å². The van der Waals surface area contributed by atoms with Crippen molar-refractivity contribution in [3.8, 4) is 17.0 Å². The third-order valence-corrected chi connectivity index (χ3v) is 7.62. The van der Waals surface area contributed by atoms with Crippen LogP contribution < -0.4 is 9.64 Å². The minimum atomic E-state index is -3.00. The van der Waals surface area contributed by atoms with Gasteiger partial charge in [0.05, 0.1) is 29.0 Å². The smallest absolute Gasteiger partial charge is 0.171 e. The SMILES string of the molecule is CN(C)CCOc1cc(-c2cnc3[nH]cc(C(=O)C(C)(C)C)c3n2)cc(N2CCS(=O)(=O)CC2)c1. The van der Waals surface area contributed by atoms with Gasteiger partial charge in [0, 0.05) is 48.6 Å². The van der Waals surface area contributed by atoms with Crippen molar-refractivity contribution in [2.24, 2.45) is 5.41 Å². The largest absolute Gasteiger partial charge is 0.492 e. The normalized spacial score (nSPS) is 16.1. The molecule has 1 fully saturated rings. The van der Waals surface area contributed by atoms with Crippen molar-refractivity contribution in [2.45, 2.75) is 20.8 Å². The Balaban J connectivity index is 1.74. The number of hydrogen-bond donors (Lipinski definition) is 1. The second kappa shape index (κ2) is 9.58. The molecule has 1 saturated heterocycles. The van der Waals surface area contributed by atoms with Gasteiger partial charge >= 0.3 is 0 Å². The molecule has 2 aromatic heterocycles. The molecule has 0 saturated carbocycles. The number of aromatic amines is 1. The number of anilines is 1. The molecule has 0 aliphatic carbocycles. The number of rotatable bonds is 7. The number of aromatic nitrogens is 3. The molecule has 0 bridgehead atoms. The summed E-state index contributed by atoms with van der Waals surface area (Å²) in [5.74, 6) is 0.920. The van der Waals surface area contributed by atoms with Gasteiger partial charge in [0.25, 0.3) is 0 Å². The molecule has 0 unspecified atom stereocenters. The Hall–Kier alpha value is -2.98. The van der Waals surface area contributed by atoms with Gasteiger partial charge in [-0.05, 0) is 26.2 Å². The lowest BCUT2D eigenvalue weighted by atomic mass is 9.87. The van der Waals surface area contributed by atoms with Crippen LogP contribution >= 0.6 is 0 Å². The summed E-state index contributed by atoms with van der Waals surface area (Å²) in [7, 11) is 0.968. The second-order valence-corrected chi connectivity index (χ2v) is 12.5. The van der Waals surface area contributed by atoms with E-state index in [0.29, 0.717) is 47.9 Å². The van der Waals surface area contributed by atoms with E-state index in [0.717, 1.165) is 17.8 Å².